The topological polar surface area (TPSA) is 86.1 Å². The number of carbonyl (C=O) groups excluding carboxylic acids is 1. The van der Waals surface area contributed by atoms with Crippen LogP contribution < -0.4 is 15.6 Å². The summed E-state index contributed by atoms with van der Waals surface area (Å²) in [6, 6.07) is 5.51. The lowest BCUT2D eigenvalue weighted by Crippen LogP contribution is -2.45. The van der Waals surface area contributed by atoms with Crippen LogP contribution in [0.2, 0.25) is 0 Å². The quantitative estimate of drug-likeness (QED) is 0.812. The van der Waals surface area contributed by atoms with E-state index in [9.17, 15) is 18.4 Å². The molecule has 1 N–H and O–H groups in total. The molecule has 2 rings (SSSR count). The van der Waals surface area contributed by atoms with Crippen LogP contribution in [0.3, 0.4) is 0 Å². The molecule has 0 saturated carbocycles. The first-order valence-corrected chi connectivity index (χ1v) is 8.00. The lowest BCUT2D eigenvalue weighted by atomic mass is 10.0. The maximum atomic E-state index is 12.2. The predicted octanol–water partition coefficient (Wildman–Crippen LogP) is 2.21. The number of halogens is 2. The number of nitrogens with one attached hydrogen (secondary N) is 1. The molecule has 0 fully saturated rings. The molecule has 2 aromatic heterocycles. The maximum Gasteiger partial charge on any atom is 0.388 e. The Morgan fingerprint density at radius 2 is 2.04 bits per heavy atom. The Morgan fingerprint density at radius 3 is 2.62 bits per heavy atom. The molecule has 0 radical (unpaired) electrons. The zero-order chi connectivity index (χ0) is 19.3. The average molecular weight is 366 g/mol. The summed E-state index contributed by atoms with van der Waals surface area (Å²) in [6.07, 6.45) is 2.04. The van der Waals surface area contributed by atoms with Crippen LogP contribution >= 0.6 is 0 Å². The largest absolute Gasteiger partial charge is 0.417 e. The minimum atomic E-state index is -2.96. The number of alkyl halides is 2. The lowest BCUT2D eigenvalue weighted by Gasteiger charge is -2.24. The van der Waals surface area contributed by atoms with E-state index in [-0.39, 0.29) is 23.9 Å². The van der Waals surface area contributed by atoms with Crippen LogP contribution in [0.25, 0.3) is 11.3 Å². The molecule has 0 atom stereocenters. The van der Waals surface area contributed by atoms with Crippen molar-refractivity contribution in [2.24, 2.45) is 0 Å². The first-order valence-electron chi connectivity index (χ1n) is 8.00. The molecule has 0 aliphatic heterocycles. The van der Waals surface area contributed by atoms with Gasteiger partial charge in [-0.1, -0.05) is 6.92 Å². The van der Waals surface area contributed by atoms with E-state index in [0.29, 0.717) is 11.3 Å². The van der Waals surface area contributed by atoms with Crippen LogP contribution in [-0.2, 0) is 11.3 Å². The average Bonchev–Trinajstić information content (AvgIpc) is 2.56. The predicted molar refractivity (Wildman–Crippen MR) is 90.9 cm³/mol. The SMILES string of the molecule is CCC(C)(C)NC(=O)Cn1nc(-c2ccc(OC(F)F)nc2)ccc1=O. The van der Waals surface area contributed by atoms with Gasteiger partial charge in [0.25, 0.3) is 5.56 Å². The van der Waals surface area contributed by atoms with E-state index in [1.54, 1.807) is 0 Å². The number of carbonyl (C=O) groups is 1. The van der Waals surface area contributed by atoms with E-state index in [1.807, 2.05) is 20.8 Å². The zero-order valence-corrected chi connectivity index (χ0v) is 14.7. The summed E-state index contributed by atoms with van der Waals surface area (Å²) < 4.78 is 29.5. The minimum absolute atomic E-state index is 0.224. The minimum Gasteiger partial charge on any atom is -0.417 e. The molecule has 9 heteroatoms. The summed E-state index contributed by atoms with van der Waals surface area (Å²) in [5, 5.41) is 6.97. The number of amides is 1. The molecule has 7 nitrogen and oxygen atoms in total. The molecule has 1 amide bonds. The van der Waals surface area contributed by atoms with Crippen molar-refractivity contribution in [3.63, 3.8) is 0 Å². The molecule has 2 heterocycles. The molecular weight excluding hydrogens is 346 g/mol. The van der Waals surface area contributed by atoms with Gasteiger partial charge in [-0.05, 0) is 32.4 Å². The highest BCUT2D eigenvalue weighted by Crippen LogP contribution is 2.18. The number of hydrogen-bond donors (Lipinski definition) is 1. The highest BCUT2D eigenvalue weighted by Gasteiger charge is 2.18. The zero-order valence-electron chi connectivity index (χ0n) is 14.7. The molecule has 2 aromatic rings. The molecule has 0 aliphatic rings. The second-order valence-corrected chi connectivity index (χ2v) is 6.26. The number of ether oxygens (including phenoxy) is 1. The van der Waals surface area contributed by atoms with Crippen LogP contribution in [-0.4, -0.2) is 32.8 Å². The Bertz CT molecular complexity index is 820. The summed E-state index contributed by atoms with van der Waals surface area (Å²) in [6.45, 7) is 2.52. The van der Waals surface area contributed by atoms with Gasteiger partial charge in [-0.3, -0.25) is 9.59 Å². The van der Waals surface area contributed by atoms with E-state index in [0.717, 1.165) is 11.1 Å². The maximum absolute atomic E-state index is 12.2. The van der Waals surface area contributed by atoms with E-state index >= 15 is 0 Å². The Kier molecular flexibility index (Phi) is 6.01. The van der Waals surface area contributed by atoms with Crippen molar-refractivity contribution in [2.75, 3.05) is 0 Å². The van der Waals surface area contributed by atoms with E-state index in [4.69, 9.17) is 0 Å². The molecule has 0 unspecified atom stereocenters. The van der Waals surface area contributed by atoms with Gasteiger partial charge in [0.2, 0.25) is 11.8 Å². The number of rotatable bonds is 7. The smallest absolute Gasteiger partial charge is 0.388 e. The number of pyridine rings is 1. The molecule has 0 saturated heterocycles. The highest BCUT2D eigenvalue weighted by molar-refractivity contribution is 5.76. The first kappa shape index (κ1) is 19.5. The summed E-state index contributed by atoms with van der Waals surface area (Å²) in [5.41, 5.74) is 0.0599. The van der Waals surface area contributed by atoms with Gasteiger partial charge in [-0.25, -0.2) is 9.67 Å². The van der Waals surface area contributed by atoms with Crippen LogP contribution in [0.15, 0.2) is 35.3 Å². The third-order valence-corrected chi connectivity index (χ3v) is 3.76. The summed E-state index contributed by atoms with van der Waals surface area (Å²) in [4.78, 5) is 27.8. The molecule has 140 valence electrons. The Hall–Kier alpha value is -2.84. The molecular formula is C17H20F2N4O3. The first-order chi connectivity index (χ1) is 12.2. The lowest BCUT2D eigenvalue weighted by molar-refractivity contribution is -0.123. The van der Waals surface area contributed by atoms with Crippen LogP contribution in [0.1, 0.15) is 27.2 Å². The fraction of sp³-hybridized carbons (Fsp3) is 0.412. The third-order valence-electron chi connectivity index (χ3n) is 3.76. The van der Waals surface area contributed by atoms with Crippen LogP contribution in [0.4, 0.5) is 8.78 Å². The van der Waals surface area contributed by atoms with E-state index in [1.165, 1.54) is 30.5 Å². The fourth-order valence-corrected chi connectivity index (χ4v) is 2.05. The van der Waals surface area contributed by atoms with Gasteiger partial charge >= 0.3 is 6.61 Å². The molecule has 0 bridgehead atoms. The van der Waals surface area contributed by atoms with Gasteiger partial charge in [0.15, 0.2) is 0 Å². The van der Waals surface area contributed by atoms with Gasteiger partial charge in [-0.15, -0.1) is 0 Å². The second kappa shape index (κ2) is 8.03. The third kappa shape index (κ3) is 5.33. The molecule has 26 heavy (non-hydrogen) atoms. The highest BCUT2D eigenvalue weighted by atomic mass is 19.3. The molecule has 0 spiro atoms. The van der Waals surface area contributed by atoms with Crippen molar-refractivity contribution in [1.82, 2.24) is 20.1 Å². The van der Waals surface area contributed by atoms with Gasteiger partial charge in [0, 0.05) is 29.4 Å². The monoisotopic (exact) mass is 366 g/mol. The summed E-state index contributed by atoms with van der Waals surface area (Å²) in [7, 11) is 0. The van der Waals surface area contributed by atoms with E-state index in [2.05, 4.69) is 20.1 Å². The van der Waals surface area contributed by atoms with Crippen molar-refractivity contribution in [1.29, 1.82) is 0 Å². The van der Waals surface area contributed by atoms with Crippen molar-refractivity contribution in [3.05, 3.63) is 40.8 Å². The standard InChI is InChI=1S/C17H20F2N4O3/c1-4-17(2,3)21-13(24)10-23-15(25)8-6-12(22-23)11-5-7-14(20-9-11)26-16(18)19/h5-9,16H,4,10H2,1-3H3,(H,21,24). The van der Waals surface area contributed by atoms with Gasteiger partial charge in [0.1, 0.15) is 6.54 Å². The van der Waals surface area contributed by atoms with Crippen LogP contribution in [0, 0.1) is 0 Å². The molecule has 0 aromatic carbocycles. The van der Waals surface area contributed by atoms with E-state index < -0.39 is 12.2 Å². The van der Waals surface area contributed by atoms with Gasteiger partial charge < -0.3 is 10.1 Å². The van der Waals surface area contributed by atoms with Crippen molar-refractivity contribution in [3.8, 4) is 17.1 Å². The Balaban J connectivity index is 2.19. The Labute approximate surface area is 149 Å². The number of aromatic nitrogens is 3. The second-order valence-electron chi connectivity index (χ2n) is 6.26. The normalized spacial score (nSPS) is 11.5. The van der Waals surface area contributed by atoms with Crippen molar-refractivity contribution in [2.45, 2.75) is 45.9 Å². The van der Waals surface area contributed by atoms with Crippen LogP contribution in [0.5, 0.6) is 5.88 Å². The summed E-state index contributed by atoms with van der Waals surface area (Å²) in [5.74, 6) is -0.555. The fourth-order valence-electron chi connectivity index (χ4n) is 2.05. The Morgan fingerprint density at radius 1 is 1.31 bits per heavy atom. The summed E-state index contributed by atoms with van der Waals surface area (Å²) >= 11 is 0. The number of hydrogen-bond acceptors (Lipinski definition) is 5. The number of nitrogens with zero attached hydrogens (tertiary/aromatic N) is 3. The van der Waals surface area contributed by atoms with Crippen molar-refractivity contribution >= 4 is 5.91 Å². The van der Waals surface area contributed by atoms with Gasteiger partial charge in [-0.2, -0.15) is 13.9 Å². The van der Waals surface area contributed by atoms with Crippen molar-refractivity contribution < 1.29 is 18.3 Å². The van der Waals surface area contributed by atoms with Gasteiger partial charge in [0.05, 0.1) is 5.69 Å². The molecule has 0 aliphatic carbocycles.